The minimum absolute atomic E-state index is 0. The second kappa shape index (κ2) is 10.2. The van der Waals surface area contributed by atoms with E-state index in [0.29, 0.717) is 22.9 Å². The fraction of sp³-hybridized carbons (Fsp3) is 0.190. The van der Waals surface area contributed by atoms with Crippen molar-refractivity contribution in [2.75, 3.05) is 13.7 Å². The van der Waals surface area contributed by atoms with Crippen LogP contribution in [0.15, 0.2) is 59.0 Å². The molecule has 0 radical (unpaired) electrons. The van der Waals surface area contributed by atoms with Crippen LogP contribution in [0.2, 0.25) is 5.02 Å². The van der Waals surface area contributed by atoms with Gasteiger partial charge in [0.25, 0.3) is 0 Å². The molecule has 28 heavy (non-hydrogen) atoms. The third kappa shape index (κ3) is 5.29. The first-order valence-corrected chi connectivity index (χ1v) is 8.91. The summed E-state index contributed by atoms with van der Waals surface area (Å²) >= 11 is 6.19. The van der Waals surface area contributed by atoms with Crippen LogP contribution in [-0.2, 0) is 13.0 Å². The minimum Gasteiger partial charge on any atom is -0.496 e. The predicted octanol–water partition coefficient (Wildman–Crippen LogP) is 5.06. The van der Waals surface area contributed by atoms with Crippen molar-refractivity contribution >= 4 is 30.0 Å². The molecule has 3 aromatic rings. The highest BCUT2D eigenvalue weighted by Gasteiger charge is 2.12. The quantitative estimate of drug-likeness (QED) is 0.497. The number of nitrogens with one attached hydrogen (secondary N) is 1. The Labute approximate surface area is 174 Å². The van der Waals surface area contributed by atoms with Crippen molar-refractivity contribution in [1.29, 1.82) is 0 Å². The lowest BCUT2D eigenvalue weighted by Crippen LogP contribution is -2.16. The molecule has 2 aromatic carbocycles. The van der Waals surface area contributed by atoms with Gasteiger partial charge in [-0.1, -0.05) is 29.8 Å². The standard InChI is InChI=1S/C21H20ClNO4.ClH/c1-26-19-5-3-2-4-14(19)10-11-23-13-16-7-9-20(27-16)17-12-15(21(24)25)6-8-18(17)22;/h2-9,12,23H,10-11,13H2,1H3,(H,24,25);1H. The molecule has 0 spiro atoms. The molecule has 0 atom stereocenters. The SMILES string of the molecule is COc1ccccc1CCNCc1ccc(-c2cc(C(=O)O)ccc2Cl)o1.Cl. The Morgan fingerprint density at radius 2 is 1.96 bits per heavy atom. The van der Waals surface area contributed by atoms with Crippen LogP contribution in [0.25, 0.3) is 11.3 Å². The molecule has 0 saturated carbocycles. The molecule has 0 fully saturated rings. The van der Waals surface area contributed by atoms with Gasteiger partial charge in [-0.15, -0.1) is 12.4 Å². The fourth-order valence-corrected chi connectivity index (χ4v) is 3.02. The number of benzene rings is 2. The molecule has 0 bridgehead atoms. The lowest BCUT2D eigenvalue weighted by atomic mass is 10.1. The van der Waals surface area contributed by atoms with Crippen molar-refractivity contribution < 1.29 is 19.1 Å². The van der Waals surface area contributed by atoms with Crippen LogP contribution >= 0.6 is 24.0 Å². The molecule has 2 N–H and O–H groups in total. The number of para-hydroxylation sites is 1. The summed E-state index contributed by atoms with van der Waals surface area (Å²) < 4.78 is 11.2. The Morgan fingerprint density at radius 1 is 1.18 bits per heavy atom. The Balaban J connectivity index is 0.00000280. The summed E-state index contributed by atoms with van der Waals surface area (Å²) in [5, 5.41) is 12.9. The summed E-state index contributed by atoms with van der Waals surface area (Å²) in [6.45, 7) is 1.33. The van der Waals surface area contributed by atoms with E-state index in [0.717, 1.165) is 30.0 Å². The highest BCUT2D eigenvalue weighted by atomic mass is 35.5. The van der Waals surface area contributed by atoms with Gasteiger partial charge in [0.2, 0.25) is 0 Å². The van der Waals surface area contributed by atoms with E-state index in [2.05, 4.69) is 5.32 Å². The first-order valence-electron chi connectivity index (χ1n) is 8.53. The van der Waals surface area contributed by atoms with Crippen LogP contribution < -0.4 is 10.1 Å². The van der Waals surface area contributed by atoms with Crippen molar-refractivity contribution in [3.63, 3.8) is 0 Å². The van der Waals surface area contributed by atoms with E-state index in [4.69, 9.17) is 25.9 Å². The molecule has 0 aliphatic heterocycles. The second-order valence-corrected chi connectivity index (χ2v) is 6.41. The number of rotatable bonds is 8. The van der Waals surface area contributed by atoms with Gasteiger partial charge in [0.05, 0.1) is 24.2 Å². The van der Waals surface area contributed by atoms with Crippen molar-refractivity contribution in [3.05, 3.63) is 76.5 Å². The second-order valence-electron chi connectivity index (χ2n) is 6.00. The third-order valence-corrected chi connectivity index (χ3v) is 4.53. The molecule has 148 valence electrons. The number of methoxy groups -OCH3 is 1. The first-order chi connectivity index (χ1) is 13.1. The molecule has 5 nitrogen and oxygen atoms in total. The molecule has 0 saturated heterocycles. The molecule has 0 aliphatic rings. The van der Waals surface area contributed by atoms with Gasteiger partial charge < -0.3 is 19.6 Å². The number of hydrogen-bond donors (Lipinski definition) is 2. The average Bonchev–Trinajstić information content (AvgIpc) is 3.14. The van der Waals surface area contributed by atoms with E-state index in [1.807, 2.05) is 30.3 Å². The van der Waals surface area contributed by atoms with Gasteiger partial charge in [0.15, 0.2) is 0 Å². The Kier molecular flexibility index (Phi) is 7.93. The molecule has 0 aliphatic carbocycles. The lowest BCUT2D eigenvalue weighted by Gasteiger charge is -2.08. The van der Waals surface area contributed by atoms with Gasteiger partial charge in [0.1, 0.15) is 17.3 Å². The molecule has 1 heterocycles. The normalized spacial score (nSPS) is 10.4. The number of carbonyl (C=O) groups is 1. The summed E-state index contributed by atoms with van der Waals surface area (Å²) in [5.41, 5.74) is 1.88. The van der Waals surface area contributed by atoms with Crippen molar-refractivity contribution in [3.8, 4) is 17.1 Å². The molecular formula is C21H21Cl2NO4. The van der Waals surface area contributed by atoms with Crippen LogP contribution in [0.5, 0.6) is 5.75 Å². The molecule has 0 unspecified atom stereocenters. The first kappa shape index (κ1) is 21.8. The van der Waals surface area contributed by atoms with Crippen LogP contribution in [0, 0.1) is 0 Å². The highest BCUT2D eigenvalue weighted by Crippen LogP contribution is 2.30. The van der Waals surface area contributed by atoms with Crippen molar-refractivity contribution in [2.45, 2.75) is 13.0 Å². The largest absolute Gasteiger partial charge is 0.496 e. The van der Waals surface area contributed by atoms with E-state index in [-0.39, 0.29) is 18.0 Å². The molecule has 0 amide bonds. The maximum absolute atomic E-state index is 11.1. The minimum atomic E-state index is -1.00. The summed E-state index contributed by atoms with van der Waals surface area (Å²) in [6, 6.07) is 16.1. The van der Waals surface area contributed by atoms with Crippen LogP contribution in [-0.4, -0.2) is 24.7 Å². The number of carboxylic acid groups (broad SMARTS) is 1. The van der Waals surface area contributed by atoms with E-state index in [1.165, 1.54) is 12.1 Å². The van der Waals surface area contributed by atoms with Gasteiger partial charge in [-0.2, -0.15) is 0 Å². The molecular weight excluding hydrogens is 401 g/mol. The third-order valence-electron chi connectivity index (χ3n) is 4.20. The van der Waals surface area contributed by atoms with E-state index in [9.17, 15) is 4.79 Å². The molecule has 3 rings (SSSR count). The van der Waals surface area contributed by atoms with Crippen LogP contribution in [0.3, 0.4) is 0 Å². The van der Waals surface area contributed by atoms with Gasteiger partial charge in [-0.05, 0) is 54.9 Å². The number of aromatic carboxylic acids is 1. The number of halogens is 2. The number of hydrogen-bond acceptors (Lipinski definition) is 4. The topological polar surface area (TPSA) is 71.7 Å². The summed E-state index contributed by atoms with van der Waals surface area (Å²) in [4.78, 5) is 11.1. The highest BCUT2D eigenvalue weighted by molar-refractivity contribution is 6.33. The van der Waals surface area contributed by atoms with E-state index >= 15 is 0 Å². The summed E-state index contributed by atoms with van der Waals surface area (Å²) in [6.07, 6.45) is 0.837. The van der Waals surface area contributed by atoms with E-state index < -0.39 is 5.97 Å². The van der Waals surface area contributed by atoms with Gasteiger partial charge in [0, 0.05) is 5.56 Å². The number of carboxylic acids is 1. The van der Waals surface area contributed by atoms with Gasteiger partial charge in [-0.25, -0.2) is 4.79 Å². The zero-order chi connectivity index (χ0) is 19.2. The molecule has 7 heteroatoms. The Bertz CT molecular complexity index is 940. The zero-order valence-electron chi connectivity index (χ0n) is 15.3. The summed E-state index contributed by atoms with van der Waals surface area (Å²) in [7, 11) is 1.67. The predicted molar refractivity (Wildman–Crippen MR) is 112 cm³/mol. The van der Waals surface area contributed by atoms with E-state index in [1.54, 1.807) is 19.2 Å². The van der Waals surface area contributed by atoms with Crippen molar-refractivity contribution in [1.82, 2.24) is 5.32 Å². The monoisotopic (exact) mass is 421 g/mol. The number of ether oxygens (including phenoxy) is 1. The lowest BCUT2D eigenvalue weighted by molar-refractivity contribution is 0.0697. The maximum atomic E-state index is 11.1. The van der Waals surface area contributed by atoms with Gasteiger partial charge in [-0.3, -0.25) is 0 Å². The average molecular weight is 422 g/mol. The van der Waals surface area contributed by atoms with Crippen molar-refractivity contribution in [2.24, 2.45) is 0 Å². The maximum Gasteiger partial charge on any atom is 0.335 e. The number of furan rings is 1. The molecule has 1 aromatic heterocycles. The van der Waals surface area contributed by atoms with Gasteiger partial charge >= 0.3 is 5.97 Å². The zero-order valence-corrected chi connectivity index (χ0v) is 16.8. The smallest absolute Gasteiger partial charge is 0.335 e. The Hall–Kier alpha value is -2.47. The fourth-order valence-electron chi connectivity index (χ4n) is 2.81. The Morgan fingerprint density at radius 3 is 2.71 bits per heavy atom. The van der Waals surface area contributed by atoms with Crippen LogP contribution in [0.4, 0.5) is 0 Å². The van der Waals surface area contributed by atoms with Crippen LogP contribution in [0.1, 0.15) is 21.7 Å². The summed E-state index contributed by atoms with van der Waals surface area (Å²) in [5.74, 6) is 1.18.